The molecule has 0 aliphatic rings. The van der Waals surface area contributed by atoms with Crippen molar-refractivity contribution in [3.63, 3.8) is 0 Å². The van der Waals surface area contributed by atoms with E-state index in [1.807, 2.05) is 33.8 Å². The van der Waals surface area contributed by atoms with Crippen molar-refractivity contribution >= 4 is 17.5 Å². The van der Waals surface area contributed by atoms with E-state index in [-0.39, 0.29) is 6.04 Å². The Labute approximate surface area is 132 Å². The smallest absolute Gasteiger partial charge is 0.412 e. The fourth-order valence-corrected chi connectivity index (χ4v) is 1.85. The Balaban J connectivity index is 2.90. The van der Waals surface area contributed by atoms with Gasteiger partial charge in [-0.25, -0.2) is 4.79 Å². The van der Waals surface area contributed by atoms with Gasteiger partial charge in [-0.3, -0.25) is 5.32 Å². The maximum Gasteiger partial charge on any atom is 0.412 e. The zero-order valence-electron chi connectivity index (χ0n) is 14.1. The lowest BCUT2D eigenvalue weighted by Gasteiger charge is -2.22. The highest BCUT2D eigenvalue weighted by Gasteiger charge is 2.18. The zero-order valence-corrected chi connectivity index (χ0v) is 14.1. The molecule has 1 aromatic rings. The number of hydrogen-bond acceptors (Lipinski definition) is 5. The Morgan fingerprint density at radius 1 is 1.23 bits per heavy atom. The number of benzene rings is 1. The van der Waals surface area contributed by atoms with Crippen LogP contribution in [0.3, 0.4) is 0 Å². The van der Waals surface area contributed by atoms with Gasteiger partial charge in [0.2, 0.25) is 0 Å². The Morgan fingerprint density at radius 3 is 2.45 bits per heavy atom. The molecule has 0 heterocycles. The first-order valence-corrected chi connectivity index (χ1v) is 7.18. The molecular formula is C16H26N2O4. The van der Waals surface area contributed by atoms with E-state index in [4.69, 9.17) is 14.2 Å². The Morgan fingerprint density at radius 2 is 1.91 bits per heavy atom. The topological polar surface area (TPSA) is 68.8 Å². The lowest BCUT2D eigenvalue weighted by molar-refractivity contribution is 0.0636. The number of carbonyl (C=O) groups is 1. The van der Waals surface area contributed by atoms with Gasteiger partial charge in [0.05, 0.1) is 25.1 Å². The van der Waals surface area contributed by atoms with E-state index in [0.29, 0.717) is 18.0 Å². The van der Waals surface area contributed by atoms with Gasteiger partial charge in [0.25, 0.3) is 0 Å². The predicted octanol–water partition coefficient (Wildman–Crippen LogP) is 3.49. The minimum Gasteiger partial charge on any atom is -0.497 e. The van der Waals surface area contributed by atoms with Gasteiger partial charge in [-0.05, 0) is 39.8 Å². The molecular weight excluding hydrogens is 284 g/mol. The molecule has 1 atom stereocenters. The second-order valence-electron chi connectivity index (χ2n) is 6.04. The maximum absolute atomic E-state index is 11.9. The first-order chi connectivity index (χ1) is 10.2. The van der Waals surface area contributed by atoms with Gasteiger partial charge in [-0.1, -0.05) is 0 Å². The second kappa shape index (κ2) is 7.89. The number of amides is 1. The van der Waals surface area contributed by atoms with E-state index in [0.717, 1.165) is 5.69 Å². The quantitative estimate of drug-likeness (QED) is 0.842. The monoisotopic (exact) mass is 310 g/mol. The number of hydrogen-bond donors (Lipinski definition) is 2. The molecule has 0 saturated heterocycles. The van der Waals surface area contributed by atoms with E-state index in [1.165, 1.54) is 0 Å². The molecule has 6 heteroatoms. The molecule has 124 valence electrons. The normalized spacial score (nSPS) is 12.5. The van der Waals surface area contributed by atoms with E-state index < -0.39 is 11.7 Å². The van der Waals surface area contributed by atoms with Gasteiger partial charge < -0.3 is 19.5 Å². The van der Waals surface area contributed by atoms with E-state index in [2.05, 4.69) is 10.6 Å². The molecule has 0 bridgehead atoms. The van der Waals surface area contributed by atoms with Crippen molar-refractivity contribution in [1.82, 2.24) is 0 Å². The number of carbonyl (C=O) groups excluding carboxylic acids is 1. The summed E-state index contributed by atoms with van der Waals surface area (Å²) in [6, 6.07) is 5.44. The van der Waals surface area contributed by atoms with Crippen molar-refractivity contribution in [2.75, 3.05) is 31.5 Å². The zero-order chi connectivity index (χ0) is 16.8. The molecule has 22 heavy (non-hydrogen) atoms. The number of rotatable bonds is 6. The molecule has 1 rings (SSSR count). The summed E-state index contributed by atoms with van der Waals surface area (Å²) >= 11 is 0. The molecule has 0 saturated carbocycles. The highest BCUT2D eigenvalue weighted by molar-refractivity contribution is 5.90. The van der Waals surface area contributed by atoms with Gasteiger partial charge in [-0.15, -0.1) is 0 Å². The summed E-state index contributed by atoms with van der Waals surface area (Å²) in [5, 5.41) is 6.02. The van der Waals surface area contributed by atoms with Crippen molar-refractivity contribution < 1.29 is 19.0 Å². The van der Waals surface area contributed by atoms with Crippen LogP contribution in [-0.4, -0.2) is 38.6 Å². The lowest BCUT2D eigenvalue weighted by atomic mass is 10.2. The number of nitrogens with one attached hydrogen (secondary N) is 2. The maximum atomic E-state index is 11.9. The van der Waals surface area contributed by atoms with Gasteiger partial charge in [0.1, 0.15) is 11.4 Å². The highest BCUT2D eigenvalue weighted by atomic mass is 16.6. The second-order valence-corrected chi connectivity index (χ2v) is 6.04. The number of methoxy groups -OCH3 is 2. The van der Waals surface area contributed by atoms with Crippen molar-refractivity contribution in [3.8, 4) is 5.75 Å². The molecule has 0 aliphatic carbocycles. The summed E-state index contributed by atoms with van der Waals surface area (Å²) in [4.78, 5) is 11.9. The lowest BCUT2D eigenvalue weighted by Crippen LogP contribution is -2.28. The minimum absolute atomic E-state index is 0.0799. The van der Waals surface area contributed by atoms with Crippen molar-refractivity contribution in [2.45, 2.75) is 39.3 Å². The van der Waals surface area contributed by atoms with Crippen LogP contribution in [0.25, 0.3) is 0 Å². The first-order valence-electron chi connectivity index (χ1n) is 7.18. The van der Waals surface area contributed by atoms with Gasteiger partial charge >= 0.3 is 6.09 Å². The SMILES string of the molecule is COCC(C)Nc1cc(OC)ccc1NC(=O)OC(C)(C)C. The standard InChI is InChI=1S/C16H26N2O4/c1-11(10-20-5)17-14-9-12(21-6)7-8-13(14)18-15(19)22-16(2,3)4/h7-9,11,17H,10H2,1-6H3,(H,18,19). The van der Waals surface area contributed by atoms with Gasteiger partial charge in [0, 0.05) is 19.2 Å². The van der Waals surface area contributed by atoms with Crippen molar-refractivity contribution in [2.24, 2.45) is 0 Å². The highest BCUT2D eigenvalue weighted by Crippen LogP contribution is 2.28. The molecule has 2 N–H and O–H groups in total. The average molecular weight is 310 g/mol. The summed E-state index contributed by atoms with van der Waals surface area (Å²) in [5.74, 6) is 0.696. The summed E-state index contributed by atoms with van der Waals surface area (Å²) < 4.78 is 15.6. The van der Waals surface area contributed by atoms with Crippen LogP contribution in [0.15, 0.2) is 18.2 Å². The van der Waals surface area contributed by atoms with Gasteiger partial charge in [-0.2, -0.15) is 0 Å². The fourth-order valence-electron chi connectivity index (χ4n) is 1.85. The molecule has 0 spiro atoms. The molecule has 1 unspecified atom stereocenters. The fraction of sp³-hybridized carbons (Fsp3) is 0.562. The Bertz CT molecular complexity index is 497. The summed E-state index contributed by atoms with van der Waals surface area (Å²) in [7, 11) is 3.24. The molecule has 1 amide bonds. The molecule has 0 aromatic heterocycles. The summed E-state index contributed by atoms with van der Waals surface area (Å²) in [6.07, 6.45) is -0.500. The predicted molar refractivity (Wildman–Crippen MR) is 87.8 cm³/mol. The summed E-state index contributed by atoms with van der Waals surface area (Å²) in [6.45, 7) is 7.99. The van der Waals surface area contributed by atoms with Crippen LogP contribution < -0.4 is 15.4 Å². The Kier molecular flexibility index (Phi) is 6.49. The third-order valence-electron chi connectivity index (χ3n) is 2.68. The first kappa shape index (κ1) is 18.1. The van der Waals surface area contributed by atoms with Crippen LogP contribution in [0.4, 0.5) is 16.2 Å². The Hall–Kier alpha value is -1.95. The number of anilines is 2. The third-order valence-corrected chi connectivity index (χ3v) is 2.68. The van der Waals surface area contributed by atoms with Crippen molar-refractivity contribution in [1.29, 1.82) is 0 Å². The average Bonchev–Trinajstić information content (AvgIpc) is 2.38. The van der Waals surface area contributed by atoms with Gasteiger partial charge in [0.15, 0.2) is 0 Å². The van der Waals surface area contributed by atoms with Crippen LogP contribution in [0, 0.1) is 0 Å². The van der Waals surface area contributed by atoms with Crippen LogP contribution >= 0.6 is 0 Å². The van der Waals surface area contributed by atoms with Crippen LogP contribution in [0.2, 0.25) is 0 Å². The van der Waals surface area contributed by atoms with Crippen LogP contribution in [0.5, 0.6) is 5.75 Å². The molecule has 1 aromatic carbocycles. The van der Waals surface area contributed by atoms with Crippen LogP contribution in [-0.2, 0) is 9.47 Å². The largest absolute Gasteiger partial charge is 0.497 e. The minimum atomic E-state index is -0.548. The molecule has 0 radical (unpaired) electrons. The molecule has 6 nitrogen and oxygen atoms in total. The van der Waals surface area contributed by atoms with Crippen LogP contribution in [0.1, 0.15) is 27.7 Å². The molecule has 0 fully saturated rings. The van der Waals surface area contributed by atoms with E-state index in [1.54, 1.807) is 26.4 Å². The molecule has 0 aliphatic heterocycles. The third kappa shape index (κ3) is 6.22. The van der Waals surface area contributed by atoms with E-state index >= 15 is 0 Å². The number of ether oxygens (including phenoxy) is 3. The summed E-state index contributed by atoms with van der Waals surface area (Å²) in [5.41, 5.74) is 0.820. The van der Waals surface area contributed by atoms with E-state index in [9.17, 15) is 4.79 Å². The van der Waals surface area contributed by atoms with Crippen molar-refractivity contribution in [3.05, 3.63) is 18.2 Å².